The Morgan fingerprint density at radius 2 is 1.80 bits per heavy atom. The summed E-state index contributed by atoms with van der Waals surface area (Å²) in [6, 6.07) is 0.636. The Morgan fingerprint density at radius 3 is 2.25 bits per heavy atom. The van der Waals surface area contributed by atoms with Gasteiger partial charge >= 0.3 is 0 Å². The summed E-state index contributed by atoms with van der Waals surface area (Å²) in [7, 11) is 0. The molecule has 1 aliphatic carbocycles. The molecule has 0 radical (unpaired) electrons. The van der Waals surface area contributed by atoms with Gasteiger partial charge in [0.15, 0.2) is 0 Å². The molecule has 3 unspecified atom stereocenters. The highest BCUT2D eigenvalue weighted by Crippen LogP contribution is 2.32. The summed E-state index contributed by atoms with van der Waals surface area (Å²) in [6.07, 6.45) is 4.39. The fourth-order valence-electron chi connectivity index (χ4n) is 3.88. The van der Waals surface area contributed by atoms with Crippen molar-refractivity contribution >= 4 is 5.78 Å². The van der Waals surface area contributed by atoms with Crippen molar-refractivity contribution in [2.75, 3.05) is 13.1 Å². The van der Waals surface area contributed by atoms with Gasteiger partial charge in [-0.1, -0.05) is 41.5 Å². The first-order chi connectivity index (χ1) is 9.38. The lowest BCUT2D eigenvalue weighted by molar-refractivity contribution is -0.129. The van der Waals surface area contributed by atoms with Crippen molar-refractivity contribution in [2.24, 2.45) is 23.7 Å². The number of hydrogen-bond donors (Lipinski definition) is 0. The number of carbonyl (C=O) groups excluding carboxylic acids is 1. The van der Waals surface area contributed by atoms with E-state index in [9.17, 15) is 4.79 Å². The topological polar surface area (TPSA) is 20.3 Å². The average Bonchev–Trinajstić information content (AvgIpc) is 2.34. The Labute approximate surface area is 126 Å². The van der Waals surface area contributed by atoms with Gasteiger partial charge in [0, 0.05) is 31.5 Å². The Balaban J connectivity index is 2.74. The molecule has 2 heteroatoms. The van der Waals surface area contributed by atoms with Crippen molar-refractivity contribution in [3.63, 3.8) is 0 Å². The maximum Gasteiger partial charge on any atom is 0.137 e. The highest BCUT2D eigenvalue weighted by atomic mass is 16.1. The third-order valence-corrected chi connectivity index (χ3v) is 4.91. The number of hydrogen-bond acceptors (Lipinski definition) is 2. The van der Waals surface area contributed by atoms with E-state index in [4.69, 9.17) is 0 Å². The third kappa shape index (κ3) is 4.87. The minimum absolute atomic E-state index is 0.269. The fourth-order valence-corrected chi connectivity index (χ4v) is 3.88. The van der Waals surface area contributed by atoms with Crippen LogP contribution >= 0.6 is 0 Å². The molecule has 0 spiro atoms. The SMILES string of the molecule is CCC(CC)N(CC(C)C)CC1C(=O)CC(C)CC1C. The van der Waals surface area contributed by atoms with Crippen LogP contribution in [-0.2, 0) is 4.79 Å². The molecule has 0 aromatic heterocycles. The van der Waals surface area contributed by atoms with Crippen molar-refractivity contribution in [1.29, 1.82) is 0 Å². The first kappa shape index (κ1) is 17.7. The van der Waals surface area contributed by atoms with E-state index in [-0.39, 0.29) is 5.92 Å². The summed E-state index contributed by atoms with van der Waals surface area (Å²) in [5.41, 5.74) is 0. The lowest BCUT2D eigenvalue weighted by Crippen LogP contribution is -2.45. The van der Waals surface area contributed by atoms with E-state index < -0.39 is 0 Å². The second kappa shape index (κ2) is 8.17. The van der Waals surface area contributed by atoms with E-state index >= 15 is 0 Å². The van der Waals surface area contributed by atoms with Gasteiger partial charge in [-0.15, -0.1) is 0 Å². The lowest BCUT2D eigenvalue weighted by Gasteiger charge is -2.39. The van der Waals surface area contributed by atoms with Crippen LogP contribution in [0.25, 0.3) is 0 Å². The van der Waals surface area contributed by atoms with Gasteiger partial charge in [0.05, 0.1) is 0 Å². The van der Waals surface area contributed by atoms with E-state index in [0.29, 0.717) is 29.6 Å². The van der Waals surface area contributed by atoms with E-state index in [1.807, 2.05) is 0 Å². The molecule has 0 aromatic rings. The fraction of sp³-hybridized carbons (Fsp3) is 0.944. The van der Waals surface area contributed by atoms with E-state index in [1.165, 1.54) is 19.3 Å². The molecule has 20 heavy (non-hydrogen) atoms. The molecular weight excluding hydrogens is 246 g/mol. The van der Waals surface area contributed by atoms with Gasteiger partial charge < -0.3 is 0 Å². The van der Waals surface area contributed by atoms with Crippen molar-refractivity contribution in [2.45, 2.75) is 73.3 Å². The van der Waals surface area contributed by atoms with Crippen molar-refractivity contribution in [3.05, 3.63) is 0 Å². The molecule has 0 aliphatic heterocycles. The first-order valence-corrected chi connectivity index (χ1v) is 8.65. The third-order valence-electron chi connectivity index (χ3n) is 4.91. The van der Waals surface area contributed by atoms with E-state index in [0.717, 1.165) is 19.5 Å². The van der Waals surface area contributed by atoms with Gasteiger partial charge in [-0.05, 0) is 37.0 Å². The molecule has 1 rings (SSSR count). The molecule has 0 saturated heterocycles. The molecule has 1 aliphatic rings. The summed E-state index contributed by atoms with van der Waals surface area (Å²) in [6.45, 7) is 15.7. The zero-order chi connectivity index (χ0) is 15.3. The Hall–Kier alpha value is -0.370. The number of nitrogens with zero attached hydrogens (tertiary/aromatic N) is 1. The monoisotopic (exact) mass is 281 g/mol. The Kier molecular flexibility index (Phi) is 7.22. The molecule has 0 N–H and O–H groups in total. The second-order valence-electron chi connectivity index (χ2n) is 7.41. The van der Waals surface area contributed by atoms with E-state index in [1.54, 1.807) is 0 Å². The lowest BCUT2D eigenvalue weighted by atomic mass is 9.74. The minimum atomic E-state index is 0.269. The summed E-state index contributed by atoms with van der Waals surface area (Å²) >= 11 is 0. The number of ketones is 1. The Bertz CT molecular complexity index is 296. The molecule has 3 atom stereocenters. The van der Waals surface area contributed by atoms with Gasteiger partial charge in [-0.3, -0.25) is 9.69 Å². The van der Waals surface area contributed by atoms with Gasteiger partial charge in [0.2, 0.25) is 0 Å². The van der Waals surface area contributed by atoms with Crippen LogP contribution in [0.4, 0.5) is 0 Å². The maximum absolute atomic E-state index is 12.4. The predicted molar refractivity (Wildman–Crippen MR) is 86.8 cm³/mol. The number of Topliss-reactive ketones (excluding diaryl/α,β-unsaturated/α-hetero) is 1. The van der Waals surface area contributed by atoms with Crippen LogP contribution in [-0.4, -0.2) is 29.8 Å². The van der Waals surface area contributed by atoms with Gasteiger partial charge in [-0.2, -0.15) is 0 Å². The van der Waals surface area contributed by atoms with Gasteiger partial charge in [0.25, 0.3) is 0 Å². The number of rotatable bonds is 7. The van der Waals surface area contributed by atoms with Crippen LogP contribution in [0.3, 0.4) is 0 Å². The molecule has 118 valence electrons. The van der Waals surface area contributed by atoms with E-state index in [2.05, 4.69) is 46.4 Å². The quantitative estimate of drug-likeness (QED) is 0.690. The maximum atomic E-state index is 12.4. The zero-order valence-electron chi connectivity index (χ0n) is 14.5. The van der Waals surface area contributed by atoms with Crippen LogP contribution in [0, 0.1) is 23.7 Å². The van der Waals surface area contributed by atoms with Crippen LogP contribution in [0.15, 0.2) is 0 Å². The predicted octanol–water partition coefficient (Wildman–Crippen LogP) is 4.38. The zero-order valence-corrected chi connectivity index (χ0v) is 14.5. The molecule has 2 nitrogen and oxygen atoms in total. The van der Waals surface area contributed by atoms with Crippen molar-refractivity contribution in [3.8, 4) is 0 Å². The van der Waals surface area contributed by atoms with Crippen molar-refractivity contribution in [1.82, 2.24) is 4.90 Å². The highest BCUT2D eigenvalue weighted by Gasteiger charge is 2.34. The second-order valence-corrected chi connectivity index (χ2v) is 7.41. The van der Waals surface area contributed by atoms with Crippen LogP contribution in [0.2, 0.25) is 0 Å². The van der Waals surface area contributed by atoms with Crippen molar-refractivity contribution < 1.29 is 4.79 Å². The van der Waals surface area contributed by atoms with Gasteiger partial charge in [0.1, 0.15) is 5.78 Å². The molecule has 1 saturated carbocycles. The molecule has 0 bridgehead atoms. The molecule has 0 heterocycles. The number of carbonyl (C=O) groups is 1. The first-order valence-electron chi connectivity index (χ1n) is 8.65. The summed E-state index contributed by atoms with van der Waals surface area (Å²) < 4.78 is 0. The molecule has 0 aromatic carbocycles. The normalized spacial score (nSPS) is 27.9. The van der Waals surface area contributed by atoms with Crippen LogP contribution < -0.4 is 0 Å². The molecule has 1 fully saturated rings. The summed E-state index contributed by atoms with van der Waals surface area (Å²) in [5.74, 6) is 2.58. The smallest absolute Gasteiger partial charge is 0.137 e. The summed E-state index contributed by atoms with van der Waals surface area (Å²) in [4.78, 5) is 15.0. The Morgan fingerprint density at radius 1 is 1.20 bits per heavy atom. The largest absolute Gasteiger partial charge is 0.299 e. The van der Waals surface area contributed by atoms with Gasteiger partial charge in [-0.25, -0.2) is 0 Å². The summed E-state index contributed by atoms with van der Waals surface area (Å²) in [5, 5.41) is 0. The minimum Gasteiger partial charge on any atom is -0.299 e. The standard InChI is InChI=1S/C18H35NO/c1-7-16(8-2)19(11-13(3)4)12-17-15(6)9-14(5)10-18(17)20/h13-17H,7-12H2,1-6H3. The average molecular weight is 281 g/mol. The molecular formula is C18H35NO. The highest BCUT2D eigenvalue weighted by molar-refractivity contribution is 5.82. The van der Waals surface area contributed by atoms with Crippen LogP contribution in [0.5, 0.6) is 0 Å². The molecule has 0 amide bonds. The van der Waals surface area contributed by atoms with Crippen LogP contribution in [0.1, 0.15) is 67.2 Å².